The van der Waals surface area contributed by atoms with E-state index in [1.807, 2.05) is 18.2 Å². The first-order valence-corrected chi connectivity index (χ1v) is 12.2. The van der Waals surface area contributed by atoms with Gasteiger partial charge in [-0.05, 0) is 49.8 Å². The van der Waals surface area contributed by atoms with Crippen LogP contribution in [0.1, 0.15) is 48.0 Å². The Morgan fingerprint density at radius 2 is 2.03 bits per heavy atom. The molecule has 2 N–H and O–H groups in total. The second-order valence-electron chi connectivity index (χ2n) is 8.62. The van der Waals surface area contributed by atoms with E-state index in [4.69, 9.17) is 14.3 Å². The Bertz CT molecular complexity index is 1010. The lowest BCUT2D eigenvalue weighted by molar-refractivity contribution is -0.137. The van der Waals surface area contributed by atoms with Gasteiger partial charge in [0.2, 0.25) is 0 Å². The molecule has 2 aliphatic rings. The fraction of sp³-hybridized carbons (Fsp3) is 0.444. The third-order valence-electron chi connectivity index (χ3n) is 5.81. The van der Waals surface area contributed by atoms with Gasteiger partial charge in [-0.2, -0.15) is 0 Å². The second-order valence-corrected chi connectivity index (χ2v) is 8.62. The first kappa shape index (κ1) is 27.0. The van der Waals surface area contributed by atoms with Crippen molar-refractivity contribution in [1.29, 1.82) is 0 Å². The number of aromatic hydroxyl groups is 2. The lowest BCUT2D eigenvalue weighted by Crippen LogP contribution is -2.37. The zero-order chi connectivity index (χ0) is 25.8. The van der Waals surface area contributed by atoms with Gasteiger partial charge in [0.15, 0.2) is 6.61 Å². The molecule has 36 heavy (non-hydrogen) atoms. The molecular formula is C27H34N2O7. The van der Waals surface area contributed by atoms with Crippen molar-refractivity contribution in [2.75, 3.05) is 32.9 Å². The SMILES string of the molecule is C=CCOC1C=CCCOC(=O)c2c(O)cc(O)cc2CC(=NOCC(=O)N2CCCCC2)C=CC1. The minimum atomic E-state index is -0.711. The van der Waals surface area contributed by atoms with E-state index >= 15 is 0 Å². The van der Waals surface area contributed by atoms with Gasteiger partial charge in [-0.3, -0.25) is 4.79 Å². The standard InChI is InChI=1S/C27H34N2O7/c1-2-14-34-23-10-4-7-15-35-27(33)26-20(17-22(30)18-24(26)31)16-21(9-8-11-23)28-36-19-25(32)29-12-5-3-6-13-29/h2,4,8-10,17-18,23,30-31H,1,3,5-7,11-16,19H2. The molecule has 1 saturated heterocycles. The predicted octanol–water partition coefficient (Wildman–Crippen LogP) is 3.66. The van der Waals surface area contributed by atoms with Crippen LogP contribution in [0.4, 0.5) is 0 Å². The van der Waals surface area contributed by atoms with Gasteiger partial charge < -0.3 is 29.4 Å². The zero-order valence-electron chi connectivity index (χ0n) is 20.4. The first-order chi connectivity index (χ1) is 17.5. The van der Waals surface area contributed by atoms with E-state index in [2.05, 4.69) is 11.7 Å². The Morgan fingerprint density at radius 3 is 2.81 bits per heavy atom. The highest BCUT2D eigenvalue weighted by Crippen LogP contribution is 2.29. The maximum absolute atomic E-state index is 12.7. The topological polar surface area (TPSA) is 118 Å². The molecule has 0 spiro atoms. The average Bonchev–Trinajstić information content (AvgIpc) is 2.86. The normalized spacial score (nSPS) is 20.3. The Labute approximate surface area is 211 Å². The van der Waals surface area contributed by atoms with Crippen LogP contribution in [-0.4, -0.2) is 71.7 Å². The molecule has 2 aliphatic heterocycles. The van der Waals surface area contributed by atoms with Crippen LogP contribution in [-0.2, 0) is 25.5 Å². The highest BCUT2D eigenvalue weighted by Gasteiger charge is 2.21. The fourth-order valence-electron chi connectivity index (χ4n) is 4.04. The summed E-state index contributed by atoms with van der Waals surface area (Å²) < 4.78 is 11.1. The molecule has 1 atom stereocenters. The van der Waals surface area contributed by atoms with E-state index in [1.54, 1.807) is 17.1 Å². The molecule has 1 unspecified atom stereocenters. The van der Waals surface area contributed by atoms with Crippen molar-refractivity contribution in [2.24, 2.45) is 5.16 Å². The van der Waals surface area contributed by atoms with Gasteiger partial charge in [0.25, 0.3) is 5.91 Å². The third-order valence-corrected chi connectivity index (χ3v) is 5.81. The summed E-state index contributed by atoms with van der Waals surface area (Å²) in [4.78, 5) is 32.3. The predicted molar refractivity (Wildman–Crippen MR) is 135 cm³/mol. The molecule has 0 aliphatic carbocycles. The van der Waals surface area contributed by atoms with Crippen molar-refractivity contribution in [1.82, 2.24) is 4.90 Å². The fourth-order valence-corrected chi connectivity index (χ4v) is 4.04. The van der Waals surface area contributed by atoms with E-state index < -0.39 is 5.97 Å². The number of hydrogen-bond donors (Lipinski definition) is 2. The highest BCUT2D eigenvalue weighted by atomic mass is 16.6. The van der Waals surface area contributed by atoms with Crippen molar-refractivity contribution in [3.05, 3.63) is 60.2 Å². The third kappa shape index (κ3) is 8.27. The summed E-state index contributed by atoms with van der Waals surface area (Å²) in [5, 5.41) is 24.6. The summed E-state index contributed by atoms with van der Waals surface area (Å²) in [5.74, 6) is -1.44. The summed E-state index contributed by atoms with van der Waals surface area (Å²) >= 11 is 0. The van der Waals surface area contributed by atoms with Crippen LogP contribution in [0.2, 0.25) is 0 Å². The molecule has 1 amide bonds. The van der Waals surface area contributed by atoms with Gasteiger partial charge in [0.05, 0.1) is 25.0 Å². The molecule has 1 aromatic rings. The monoisotopic (exact) mass is 498 g/mol. The number of fused-ring (bicyclic) bond motifs is 1. The number of piperidine rings is 1. The summed E-state index contributed by atoms with van der Waals surface area (Å²) in [7, 11) is 0. The van der Waals surface area contributed by atoms with Crippen LogP contribution in [0.25, 0.3) is 0 Å². The van der Waals surface area contributed by atoms with Crippen LogP contribution in [0.3, 0.4) is 0 Å². The summed E-state index contributed by atoms with van der Waals surface area (Å²) in [6, 6.07) is 2.46. The largest absolute Gasteiger partial charge is 0.508 e. The number of phenols is 2. The summed E-state index contributed by atoms with van der Waals surface area (Å²) in [5.41, 5.74) is 0.662. The minimum Gasteiger partial charge on any atom is -0.508 e. The number of oxime groups is 1. The Hall–Kier alpha value is -3.59. The molecule has 1 aromatic carbocycles. The molecule has 3 rings (SSSR count). The molecule has 0 aromatic heterocycles. The zero-order valence-corrected chi connectivity index (χ0v) is 20.4. The summed E-state index contributed by atoms with van der Waals surface area (Å²) in [6.45, 7) is 5.40. The van der Waals surface area contributed by atoms with Gasteiger partial charge in [0.1, 0.15) is 17.1 Å². The number of phenolic OH excluding ortho intramolecular Hbond substituents is 2. The minimum absolute atomic E-state index is 0.0495. The number of benzene rings is 1. The van der Waals surface area contributed by atoms with Crippen molar-refractivity contribution < 1.29 is 34.1 Å². The van der Waals surface area contributed by atoms with Crippen LogP contribution in [0, 0.1) is 0 Å². The van der Waals surface area contributed by atoms with E-state index in [9.17, 15) is 19.8 Å². The number of hydrogen-bond acceptors (Lipinski definition) is 8. The number of amides is 1. The van der Waals surface area contributed by atoms with Crippen LogP contribution in [0.5, 0.6) is 11.5 Å². The van der Waals surface area contributed by atoms with E-state index in [1.165, 1.54) is 6.07 Å². The number of rotatable bonds is 6. The number of nitrogens with zero attached hydrogens (tertiary/aromatic N) is 2. The number of carbonyl (C=O) groups is 2. The van der Waals surface area contributed by atoms with E-state index in [0.717, 1.165) is 25.3 Å². The number of esters is 1. The van der Waals surface area contributed by atoms with Gasteiger partial charge >= 0.3 is 5.97 Å². The molecule has 1 fully saturated rings. The smallest absolute Gasteiger partial charge is 0.342 e. The quantitative estimate of drug-likeness (QED) is 0.349. The van der Waals surface area contributed by atoms with Gasteiger partial charge in [-0.25, -0.2) is 4.79 Å². The van der Waals surface area contributed by atoms with Crippen LogP contribution < -0.4 is 0 Å². The number of ether oxygens (including phenoxy) is 2. The number of carbonyl (C=O) groups excluding carboxylic acids is 2. The number of cyclic esters (lactones) is 1. The molecule has 0 saturated carbocycles. The van der Waals surface area contributed by atoms with Crippen molar-refractivity contribution in [3.63, 3.8) is 0 Å². The maximum Gasteiger partial charge on any atom is 0.342 e. The van der Waals surface area contributed by atoms with Crippen LogP contribution >= 0.6 is 0 Å². The van der Waals surface area contributed by atoms with Crippen molar-refractivity contribution in [3.8, 4) is 11.5 Å². The molecular weight excluding hydrogens is 464 g/mol. The van der Waals surface area contributed by atoms with E-state index in [0.29, 0.717) is 43.8 Å². The average molecular weight is 499 g/mol. The highest BCUT2D eigenvalue weighted by molar-refractivity contribution is 6.00. The van der Waals surface area contributed by atoms with Gasteiger partial charge in [-0.15, -0.1) is 6.58 Å². The van der Waals surface area contributed by atoms with E-state index in [-0.39, 0.29) is 48.7 Å². The molecule has 0 bridgehead atoms. The second kappa shape index (κ2) is 14.1. The number of likely N-dealkylation sites (tertiary alicyclic amines) is 1. The maximum atomic E-state index is 12.7. The first-order valence-electron chi connectivity index (χ1n) is 12.2. The Kier molecular flexibility index (Phi) is 10.6. The molecule has 9 heteroatoms. The Morgan fingerprint density at radius 1 is 1.22 bits per heavy atom. The number of allylic oxidation sites excluding steroid dienone is 1. The Balaban J connectivity index is 1.85. The van der Waals surface area contributed by atoms with Crippen molar-refractivity contribution in [2.45, 2.75) is 44.6 Å². The lowest BCUT2D eigenvalue weighted by Gasteiger charge is -2.26. The van der Waals surface area contributed by atoms with Crippen molar-refractivity contribution >= 4 is 17.6 Å². The molecule has 194 valence electrons. The van der Waals surface area contributed by atoms with Crippen LogP contribution in [0.15, 0.2) is 54.2 Å². The van der Waals surface area contributed by atoms with Gasteiger partial charge in [0, 0.05) is 25.6 Å². The molecule has 9 nitrogen and oxygen atoms in total. The molecule has 2 heterocycles. The summed E-state index contributed by atoms with van der Waals surface area (Å²) in [6.07, 6.45) is 12.9. The van der Waals surface area contributed by atoms with Gasteiger partial charge in [-0.1, -0.05) is 29.5 Å². The lowest BCUT2D eigenvalue weighted by atomic mass is 9.99. The molecule has 0 radical (unpaired) electrons.